The van der Waals surface area contributed by atoms with Crippen molar-refractivity contribution in [3.05, 3.63) is 107 Å². The maximum atomic E-state index is 13.7. The number of benzene rings is 4. The summed E-state index contributed by atoms with van der Waals surface area (Å²) in [6, 6.07) is 24.9. The fraction of sp³-hybridized carbons (Fsp3) is 0.167. The number of aryl methyl sites for hydroxylation is 1. The fourth-order valence-corrected chi connectivity index (χ4v) is 6.55. The number of methoxy groups -OCH3 is 3. The van der Waals surface area contributed by atoms with Crippen LogP contribution in [0.4, 0.5) is 10.8 Å². The average Bonchev–Trinajstić information content (AvgIpc) is 3.49. The molecule has 0 saturated heterocycles. The average molecular weight is 683 g/mol. The summed E-state index contributed by atoms with van der Waals surface area (Å²) in [5.74, 6) is 0.0264. The molecular weight excluding hydrogens is 649 g/mol. The predicted molar refractivity (Wildman–Crippen MR) is 191 cm³/mol. The van der Waals surface area contributed by atoms with Gasteiger partial charge in [0, 0.05) is 27.8 Å². The van der Waals surface area contributed by atoms with Gasteiger partial charge >= 0.3 is 0 Å². The number of rotatable bonds is 12. The van der Waals surface area contributed by atoms with E-state index in [0.29, 0.717) is 39.2 Å². The smallest absolute Gasteiger partial charge is 0.272 e. The summed E-state index contributed by atoms with van der Waals surface area (Å²) in [6.45, 7) is 3.82. The van der Waals surface area contributed by atoms with Crippen LogP contribution in [0.15, 0.2) is 95.5 Å². The van der Waals surface area contributed by atoms with Crippen LogP contribution in [0, 0.1) is 6.92 Å². The van der Waals surface area contributed by atoms with E-state index in [1.165, 1.54) is 50.5 Å². The van der Waals surface area contributed by atoms with Gasteiger partial charge < -0.3 is 30.2 Å². The molecule has 0 spiro atoms. The Morgan fingerprint density at radius 3 is 2.29 bits per heavy atom. The molecule has 12 heteroatoms. The Labute approximate surface area is 286 Å². The number of amides is 3. The normalized spacial score (nSPS) is 11.8. The predicted octanol–water partition coefficient (Wildman–Crippen LogP) is 7.16. The summed E-state index contributed by atoms with van der Waals surface area (Å²) in [5.41, 5.74) is 3.25. The second kappa shape index (κ2) is 15.5. The Hall–Kier alpha value is -5.33. The van der Waals surface area contributed by atoms with Gasteiger partial charge in [-0.25, -0.2) is 4.98 Å². The molecule has 1 unspecified atom stereocenters. The number of fused-ring (bicyclic) bond motifs is 1. The van der Waals surface area contributed by atoms with Gasteiger partial charge in [0.2, 0.25) is 5.91 Å². The molecule has 0 aliphatic rings. The van der Waals surface area contributed by atoms with Gasteiger partial charge in [-0.15, -0.1) is 11.8 Å². The minimum Gasteiger partial charge on any atom is -0.496 e. The largest absolute Gasteiger partial charge is 0.496 e. The molecule has 0 fully saturated rings. The fourth-order valence-electron chi connectivity index (χ4n) is 4.66. The van der Waals surface area contributed by atoms with Crippen LogP contribution >= 0.6 is 23.1 Å². The second-order valence-corrected chi connectivity index (χ2v) is 13.0. The Kier molecular flexibility index (Phi) is 11.0. The van der Waals surface area contributed by atoms with Gasteiger partial charge in [0.1, 0.15) is 11.4 Å². The molecule has 3 amide bonds. The molecule has 10 nitrogen and oxygen atoms in total. The molecule has 5 aromatic rings. The third-order valence-electron chi connectivity index (χ3n) is 7.11. The van der Waals surface area contributed by atoms with E-state index in [2.05, 4.69) is 20.9 Å². The van der Waals surface area contributed by atoms with E-state index in [-0.39, 0.29) is 11.6 Å². The van der Waals surface area contributed by atoms with Crippen molar-refractivity contribution in [1.82, 2.24) is 10.3 Å². The highest BCUT2D eigenvalue weighted by Crippen LogP contribution is 2.36. The molecule has 0 saturated carbocycles. The molecule has 1 heterocycles. The lowest BCUT2D eigenvalue weighted by Gasteiger charge is -2.15. The Bertz CT molecular complexity index is 1990. The quantitative estimate of drug-likeness (QED) is 0.0935. The minimum atomic E-state index is -0.574. The highest BCUT2D eigenvalue weighted by molar-refractivity contribution is 8.00. The lowest BCUT2D eigenvalue weighted by molar-refractivity contribution is -0.115. The molecule has 1 aromatic heterocycles. The van der Waals surface area contributed by atoms with Crippen LogP contribution in [0.25, 0.3) is 16.3 Å². The summed E-state index contributed by atoms with van der Waals surface area (Å²) < 4.78 is 17.4. The minimum absolute atomic E-state index is 0.0359. The van der Waals surface area contributed by atoms with E-state index in [0.717, 1.165) is 20.7 Å². The van der Waals surface area contributed by atoms with Crippen molar-refractivity contribution in [3.63, 3.8) is 0 Å². The lowest BCUT2D eigenvalue weighted by Crippen LogP contribution is -2.30. The first-order valence-electron chi connectivity index (χ1n) is 14.8. The molecule has 48 heavy (non-hydrogen) atoms. The standard InChI is InChI=1S/C36H34N4O6S2/c1-21-14-15-27-32(16-21)48-36(39-27)40-33(41)22(2)47-26-13-9-12-25(19-26)37-35(43)28(38-34(42)23-10-7-6-8-11-23)17-24-18-30(45-4)31(46-5)20-29(24)44-3/h6-20,22H,1-5H3,(H,37,43)(H,38,42)(H,39,40,41)/b28-17+. The third-order valence-corrected chi connectivity index (χ3v) is 9.14. The Morgan fingerprint density at radius 2 is 1.56 bits per heavy atom. The number of ether oxygens (including phenoxy) is 3. The SMILES string of the molecule is COc1cc(OC)c(OC)cc1/C=C(/NC(=O)c1ccccc1)C(=O)Nc1cccc(SC(C)C(=O)Nc2nc3ccc(C)cc3s2)c1. The number of carbonyl (C=O) groups excluding carboxylic acids is 3. The molecule has 5 rings (SSSR count). The van der Waals surface area contributed by atoms with E-state index >= 15 is 0 Å². The number of anilines is 2. The lowest BCUT2D eigenvalue weighted by atomic mass is 10.1. The van der Waals surface area contributed by atoms with E-state index < -0.39 is 17.1 Å². The number of nitrogens with one attached hydrogen (secondary N) is 3. The molecule has 246 valence electrons. The molecule has 0 aliphatic heterocycles. The van der Waals surface area contributed by atoms with Gasteiger partial charge in [-0.3, -0.25) is 14.4 Å². The van der Waals surface area contributed by atoms with Gasteiger partial charge in [0.15, 0.2) is 16.6 Å². The third kappa shape index (κ3) is 8.33. The zero-order valence-electron chi connectivity index (χ0n) is 27.0. The summed E-state index contributed by atoms with van der Waals surface area (Å²) in [4.78, 5) is 45.2. The first kappa shape index (κ1) is 34.0. The molecule has 0 aliphatic carbocycles. The Morgan fingerprint density at radius 1 is 0.833 bits per heavy atom. The van der Waals surface area contributed by atoms with E-state index in [1.54, 1.807) is 67.6 Å². The first-order valence-corrected chi connectivity index (χ1v) is 16.5. The second-order valence-electron chi connectivity index (χ2n) is 10.5. The number of thiazole rings is 1. The van der Waals surface area contributed by atoms with Crippen LogP contribution in [0.1, 0.15) is 28.4 Å². The molecule has 3 N–H and O–H groups in total. The zero-order valence-corrected chi connectivity index (χ0v) is 28.6. The van der Waals surface area contributed by atoms with Crippen molar-refractivity contribution in [2.24, 2.45) is 0 Å². The number of carbonyl (C=O) groups is 3. The first-order chi connectivity index (χ1) is 23.2. The summed E-state index contributed by atoms with van der Waals surface area (Å²) >= 11 is 2.77. The molecule has 4 aromatic carbocycles. The van der Waals surface area contributed by atoms with Crippen LogP contribution in [0.5, 0.6) is 17.2 Å². The Balaban J connectivity index is 1.35. The number of thioether (sulfide) groups is 1. The monoisotopic (exact) mass is 682 g/mol. The van der Waals surface area contributed by atoms with Crippen molar-refractivity contribution < 1.29 is 28.6 Å². The molecule has 0 bridgehead atoms. The topological polar surface area (TPSA) is 128 Å². The van der Waals surface area contributed by atoms with Crippen molar-refractivity contribution in [3.8, 4) is 17.2 Å². The van der Waals surface area contributed by atoms with Crippen LogP contribution in [0.3, 0.4) is 0 Å². The van der Waals surface area contributed by atoms with Crippen LogP contribution < -0.4 is 30.2 Å². The number of aromatic nitrogens is 1. The van der Waals surface area contributed by atoms with E-state index in [1.807, 2.05) is 31.2 Å². The van der Waals surface area contributed by atoms with Gasteiger partial charge in [0.25, 0.3) is 11.8 Å². The highest BCUT2D eigenvalue weighted by Gasteiger charge is 2.20. The molecule has 0 radical (unpaired) electrons. The van der Waals surface area contributed by atoms with Crippen LogP contribution in [-0.4, -0.2) is 49.3 Å². The van der Waals surface area contributed by atoms with Crippen LogP contribution in [-0.2, 0) is 9.59 Å². The summed E-state index contributed by atoms with van der Waals surface area (Å²) in [7, 11) is 4.50. The maximum Gasteiger partial charge on any atom is 0.272 e. The van der Waals surface area contributed by atoms with Gasteiger partial charge in [-0.05, 0) is 74.0 Å². The number of nitrogens with zero attached hydrogens (tertiary/aromatic N) is 1. The molecule has 1 atom stereocenters. The number of hydrogen-bond acceptors (Lipinski definition) is 9. The summed E-state index contributed by atoms with van der Waals surface area (Å²) in [6.07, 6.45) is 1.51. The highest BCUT2D eigenvalue weighted by atomic mass is 32.2. The van der Waals surface area contributed by atoms with E-state index in [4.69, 9.17) is 14.2 Å². The summed E-state index contributed by atoms with van der Waals surface area (Å²) in [5, 5.41) is 8.60. The van der Waals surface area contributed by atoms with Crippen molar-refractivity contribution in [2.45, 2.75) is 24.0 Å². The van der Waals surface area contributed by atoms with Gasteiger partial charge in [-0.2, -0.15) is 0 Å². The maximum absolute atomic E-state index is 13.7. The zero-order chi connectivity index (χ0) is 34.2. The van der Waals surface area contributed by atoms with Crippen molar-refractivity contribution >= 4 is 67.9 Å². The molecular formula is C36H34N4O6S2. The van der Waals surface area contributed by atoms with Gasteiger partial charge in [0.05, 0.1) is 36.8 Å². The van der Waals surface area contributed by atoms with Crippen molar-refractivity contribution in [2.75, 3.05) is 32.0 Å². The van der Waals surface area contributed by atoms with E-state index in [9.17, 15) is 14.4 Å². The van der Waals surface area contributed by atoms with Crippen LogP contribution in [0.2, 0.25) is 0 Å². The van der Waals surface area contributed by atoms with Gasteiger partial charge in [-0.1, -0.05) is 41.7 Å². The van der Waals surface area contributed by atoms with Crippen molar-refractivity contribution in [1.29, 1.82) is 0 Å². The number of hydrogen-bond donors (Lipinski definition) is 3.